The molecule has 0 aliphatic heterocycles. The molecule has 1 amide bonds. The van der Waals surface area contributed by atoms with E-state index in [2.05, 4.69) is 10.1 Å². The summed E-state index contributed by atoms with van der Waals surface area (Å²) in [7, 11) is 0. The molecule has 0 saturated heterocycles. The van der Waals surface area contributed by atoms with Crippen molar-refractivity contribution in [2.24, 2.45) is 0 Å². The highest BCUT2D eigenvalue weighted by atomic mass is 19.4. The van der Waals surface area contributed by atoms with Gasteiger partial charge in [-0.2, -0.15) is 0 Å². The molecule has 1 rings (SSSR count). The zero-order valence-electron chi connectivity index (χ0n) is 13.3. The molecule has 0 spiro atoms. The Morgan fingerprint density at radius 1 is 1.30 bits per heavy atom. The topological polar surface area (TPSA) is 67.8 Å². The number of ether oxygens (including phenoxy) is 2. The van der Waals surface area contributed by atoms with Gasteiger partial charge in [0.2, 0.25) is 0 Å². The van der Waals surface area contributed by atoms with E-state index >= 15 is 0 Å². The molecule has 0 aliphatic carbocycles. The van der Waals surface area contributed by atoms with Crippen molar-refractivity contribution in [2.45, 2.75) is 45.8 Å². The summed E-state index contributed by atoms with van der Waals surface area (Å²) in [5.74, 6) is -0.369. The average molecular weight is 335 g/mol. The second-order valence-corrected chi connectivity index (χ2v) is 5.96. The summed E-state index contributed by atoms with van der Waals surface area (Å²) in [5.41, 5.74) is 0.127. The van der Waals surface area contributed by atoms with Crippen LogP contribution in [0.1, 0.15) is 38.0 Å². The first-order chi connectivity index (χ1) is 10.4. The second kappa shape index (κ2) is 7.08. The van der Waals surface area contributed by atoms with Gasteiger partial charge < -0.3 is 19.9 Å². The van der Waals surface area contributed by atoms with Gasteiger partial charge in [-0.05, 0) is 51.0 Å². The number of carbonyl (C=O) groups excluding carboxylic acids is 1. The van der Waals surface area contributed by atoms with E-state index in [1.165, 1.54) is 19.1 Å². The molecule has 2 N–H and O–H groups in total. The van der Waals surface area contributed by atoms with Crippen molar-refractivity contribution >= 4 is 6.09 Å². The van der Waals surface area contributed by atoms with Crippen molar-refractivity contribution in [3.8, 4) is 5.75 Å². The number of hydrogen-bond donors (Lipinski definition) is 2. The Morgan fingerprint density at radius 3 is 2.39 bits per heavy atom. The number of alkyl halides is 3. The first-order valence-electron chi connectivity index (χ1n) is 6.88. The largest absolute Gasteiger partial charge is 0.573 e. The van der Waals surface area contributed by atoms with Crippen molar-refractivity contribution in [1.82, 2.24) is 5.32 Å². The molecule has 0 aromatic heterocycles. The van der Waals surface area contributed by atoms with Crippen LogP contribution >= 0.6 is 0 Å². The van der Waals surface area contributed by atoms with Gasteiger partial charge in [-0.25, -0.2) is 4.79 Å². The predicted molar refractivity (Wildman–Crippen MR) is 77.1 cm³/mol. The zero-order chi connectivity index (χ0) is 17.8. The summed E-state index contributed by atoms with van der Waals surface area (Å²) < 4.78 is 45.3. The molecule has 8 heteroatoms. The van der Waals surface area contributed by atoms with Gasteiger partial charge in [0.05, 0.1) is 12.6 Å². The number of halogens is 3. The van der Waals surface area contributed by atoms with Crippen LogP contribution in [0.25, 0.3) is 0 Å². The highest BCUT2D eigenvalue weighted by Gasteiger charge is 2.31. The van der Waals surface area contributed by atoms with E-state index in [4.69, 9.17) is 4.74 Å². The zero-order valence-corrected chi connectivity index (χ0v) is 13.3. The quantitative estimate of drug-likeness (QED) is 0.884. The van der Waals surface area contributed by atoms with E-state index < -0.39 is 24.2 Å². The van der Waals surface area contributed by atoms with Crippen LogP contribution in [-0.4, -0.2) is 29.7 Å². The number of carbonyl (C=O) groups is 1. The Bertz CT molecular complexity index is 553. The molecule has 0 fully saturated rings. The SMILES string of the molecule is Cc1cc(OC(F)(F)F)ccc1C(O)CNC(=O)OC(C)(C)C. The first kappa shape index (κ1) is 19.1. The van der Waals surface area contributed by atoms with Crippen LogP contribution in [0.15, 0.2) is 18.2 Å². The minimum absolute atomic E-state index is 0.130. The standard InChI is InChI=1S/C15H20F3NO4/c1-9-7-10(22-15(16,17)18)5-6-11(9)12(20)8-19-13(21)23-14(2,3)4/h5-7,12,20H,8H2,1-4H3,(H,19,21). The van der Waals surface area contributed by atoms with Gasteiger partial charge in [0.1, 0.15) is 11.4 Å². The normalized spacial score (nSPS) is 13.4. The number of benzene rings is 1. The molecular weight excluding hydrogens is 315 g/mol. The van der Waals surface area contributed by atoms with Gasteiger partial charge >= 0.3 is 12.5 Å². The minimum atomic E-state index is -4.77. The molecule has 0 aliphatic rings. The molecule has 23 heavy (non-hydrogen) atoms. The van der Waals surface area contributed by atoms with Crippen LogP contribution in [0.3, 0.4) is 0 Å². The van der Waals surface area contributed by atoms with Gasteiger partial charge in [-0.3, -0.25) is 0 Å². The van der Waals surface area contributed by atoms with E-state index in [0.29, 0.717) is 11.1 Å². The van der Waals surface area contributed by atoms with E-state index in [1.807, 2.05) is 0 Å². The smallest absolute Gasteiger partial charge is 0.444 e. The number of alkyl carbamates (subject to hydrolysis) is 1. The molecule has 0 bridgehead atoms. The Balaban J connectivity index is 2.66. The highest BCUT2D eigenvalue weighted by Crippen LogP contribution is 2.27. The van der Waals surface area contributed by atoms with E-state index in [1.54, 1.807) is 20.8 Å². The molecule has 5 nitrogen and oxygen atoms in total. The monoisotopic (exact) mass is 335 g/mol. The number of aryl methyl sites for hydroxylation is 1. The fourth-order valence-electron chi connectivity index (χ4n) is 1.82. The van der Waals surface area contributed by atoms with Crippen molar-refractivity contribution in [2.75, 3.05) is 6.54 Å². The Morgan fingerprint density at radius 2 is 1.91 bits per heavy atom. The summed E-state index contributed by atoms with van der Waals surface area (Å²) >= 11 is 0. The van der Waals surface area contributed by atoms with Crippen molar-refractivity contribution in [1.29, 1.82) is 0 Å². The lowest BCUT2D eigenvalue weighted by atomic mass is 10.0. The van der Waals surface area contributed by atoms with Gasteiger partial charge in [0.15, 0.2) is 0 Å². The Hall–Kier alpha value is -1.96. The molecule has 1 aromatic carbocycles. The third kappa shape index (κ3) is 7.23. The van der Waals surface area contributed by atoms with Crippen LogP contribution in [-0.2, 0) is 4.74 Å². The fraction of sp³-hybridized carbons (Fsp3) is 0.533. The first-order valence-corrected chi connectivity index (χ1v) is 6.88. The number of rotatable bonds is 4. The lowest BCUT2D eigenvalue weighted by Crippen LogP contribution is -2.34. The molecular formula is C15H20F3NO4. The van der Waals surface area contributed by atoms with E-state index in [0.717, 1.165) is 6.07 Å². The third-order valence-corrected chi connectivity index (χ3v) is 2.67. The third-order valence-electron chi connectivity index (χ3n) is 2.67. The van der Waals surface area contributed by atoms with Crippen molar-refractivity contribution < 1.29 is 32.5 Å². The summed E-state index contributed by atoms with van der Waals surface area (Å²) in [6.07, 6.45) is -6.54. The maximum Gasteiger partial charge on any atom is 0.573 e. The molecule has 1 atom stereocenters. The Kier molecular flexibility index (Phi) is 5.87. The lowest BCUT2D eigenvalue weighted by Gasteiger charge is -2.21. The van der Waals surface area contributed by atoms with Crippen LogP contribution in [0.5, 0.6) is 5.75 Å². The van der Waals surface area contributed by atoms with Gasteiger partial charge in [-0.1, -0.05) is 6.07 Å². The lowest BCUT2D eigenvalue weighted by molar-refractivity contribution is -0.274. The minimum Gasteiger partial charge on any atom is -0.444 e. The number of nitrogens with one attached hydrogen (secondary N) is 1. The molecule has 1 aromatic rings. The second-order valence-electron chi connectivity index (χ2n) is 5.96. The average Bonchev–Trinajstić information content (AvgIpc) is 2.32. The van der Waals surface area contributed by atoms with Gasteiger partial charge in [-0.15, -0.1) is 13.2 Å². The van der Waals surface area contributed by atoms with Crippen molar-refractivity contribution in [3.05, 3.63) is 29.3 Å². The fourth-order valence-corrected chi connectivity index (χ4v) is 1.82. The summed E-state index contributed by atoms with van der Waals surface area (Å²) in [5, 5.41) is 12.4. The molecule has 0 heterocycles. The van der Waals surface area contributed by atoms with Crippen LogP contribution < -0.4 is 10.1 Å². The summed E-state index contributed by atoms with van der Waals surface area (Å²) in [4.78, 5) is 11.5. The maximum atomic E-state index is 12.1. The number of aliphatic hydroxyl groups is 1. The summed E-state index contributed by atoms with van der Waals surface area (Å²) in [6.45, 7) is 6.51. The molecule has 0 saturated carbocycles. The molecule has 0 radical (unpaired) electrons. The molecule has 1 unspecified atom stereocenters. The van der Waals surface area contributed by atoms with Crippen molar-refractivity contribution in [3.63, 3.8) is 0 Å². The van der Waals surface area contributed by atoms with Gasteiger partial charge in [0, 0.05) is 0 Å². The summed E-state index contributed by atoms with van der Waals surface area (Å²) in [6, 6.07) is 3.59. The van der Waals surface area contributed by atoms with E-state index in [9.17, 15) is 23.1 Å². The number of hydrogen-bond acceptors (Lipinski definition) is 4. The number of amides is 1. The highest BCUT2D eigenvalue weighted by molar-refractivity contribution is 5.67. The molecule has 130 valence electrons. The Labute approximate surface area is 132 Å². The maximum absolute atomic E-state index is 12.1. The van der Waals surface area contributed by atoms with E-state index in [-0.39, 0.29) is 12.3 Å². The van der Waals surface area contributed by atoms with Crippen LogP contribution in [0.4, 0.5) is 18.0 Å². The van der Waals surface area contributed by atoms with Crippen LogP contribution in [0.2, 0.25) is 0 Å². The predicted octanol–water partition coefficient (Wildman–Crippen LogP) is 3.45. The number of aliphatic hydroxyl groups excluding tert-OH is 1. The van der Waals surface area contributed by atoms with Crippen LogP contribution in [0, 0.1) is 6.92 Å². The van der Waals surface area contributed by atoms with Gasteiger partial charge in [0.25, 0.3) is 0 Å².